The molecule has 0 bridgehead atoms. The largest absolute Gasteiger partial charge is 0.491 e. The Morgan fingerprint density at radius 2 is 1.61 bits per heavy atom. The van der Waals surface area contributed by atoms with E-state index in [1.165, 1.54) is 6.92 Å². The second-order valence-electron chi connectivity index (χ2n) is 6.32. The summed E-state index contributed by atoms with van der Waals surface area (Å²) < 4.78 is 10.3. The van der Waals surface area contributed by atoms with Gasteiger partial charge in [-0.05, 0) is 43.7 Å². The molecule has 0 saturated heterocycles. The third-order valence-electron chi connectivity index (χ3n) is 3.85. The lowest BCUT2D eigenvalue weighted by Gasteiger charge is -2.13. The first-order valence-electron chi connectivity index (χ1n) is 8.91. The topological polar surface area (TPSA) is 72.8 Å². The molecule has 2 rings (SSSR count). The van der Waals surface area contributed by atoms with Crippen LogP contribution in [0.4, 0.5) is 0 Å². The Balaban J connectivity index is 1.89. The Bertz CT molecular complexity index is 848. The maximum atomic E-state index is 12.5. The summed E-state index contributed by atoms with van der Waals surface area (Å²) in [5, 5.41) is 9.80. The smallest absolute Gasteiger partial charge is 0.333 e. The zero-order valence-electron chi connectivity index (χ0n) is 16.1. The molecule has 0 fully saturated rings. The summed E-state index contributed by atoms with van der Waals surface area (Å²) in [7, 11) is 0. The van der Waals surface area contributed by atoms with Crippen molar-refractivity contribution >= 4 is 17.8 Å². The number of allylic oxidation sites excluding steroid dienone is 1. The van der Waals surface area contributed by atoms with Crippen molar-refractivity contribution in [2.45, 2.75) is 20.0 Å². The van der Waals surface area contributed by atoms with Gasteiger partial charge in [0.25, 0.3) is 0 Å². The van der Waals surface area contributed by atoms with E-state index in [1.54, 1.807) is 36.4 Å². The molecular formula is C23H24O5. The Morgan fingerprint density at radius 1 is 1.04 bits per heavy atom. The van der Waals surface area contributed by atoms with Crippen molar-refractivity contribution in [2.24, 2.45) is 0 Å². The van der Waals surface area contributed by atoms with Gasteiger partial charge in [-0.15, -0.1) is 0 Å². The van der Waals surface area contributed by atoms with E-state index in [4.69, 9.17) is 9.47 Å². The normalized spacial score (nSPS) is 11.8. The Kier molecular flexibility index (Phi) is 7.72. The minimum absolute atomic E-state index is 0.0385. The minimum Gasteiger partial charge on any atom is -0.491 e. The van der Waals surface area contributed by atoms with Crippen LogP contribution >= 0.6 is 0 Å². The van der Waals surface area contributed by atoms with Crippen LogP contribution in [0.3, 0.4) is 0 Å². The highest BCUT2D eigenvalue weighted by atomic mass is 16.5. The van der Waals surface area contributed by atoms with Gasteiger partial charge in [0.05, 0.1) is 0 Å². The van der Waals surface area contributed by atoms with Crippen molar-refractivity contribution in [1.29, 1.82) is 0 Å². The summed E-state index contributed by atoms with van der Waals surface area (Å²) in [5.41, 5.74) is 2.46. The molecule has 146 valence electrons. The summed E-state index contributed by atoms with van der Waals surface area (Å²) in [6.45, 7) is 6.73. The van der Waals surface area contributed by atoms with E-state index in [0.29, 0.717) is 16.9 Å². The number of hydrogen-bond donors (Lipinski definition) is 1. The SMILES string of the molecule is C=C(C)C(=O)OCC(O)COc1ccc(C(=O)c2ccc(/C=C/C)cc2)cc1. The molecule has 0 aliphatic rings. The fourth-order valence-electron chi connectivity index (χ4n) is 2.34. The molecule has 0 aliphatic heterocycles. The highest BCUT2D eigenvalue weighted by Crippen LogP contribution is 2.16. The first-order chi connectivity index (χ1) is 13.4. The predicted molar refractivity (Wildman–Crippen MR) is 108 cm³/mol. The van der Waals surface area contributed by atoms with Gasteiger partial charge in [0, 0.05) is 16.7 Å². The van der Waals surface area contributed by atoms with Crippen molar-refractivity contribution in [2.75, 3.05) is 13.2 Å². The summed E-state index contributed by atoms with van der Waals surface area (Å²) >= 11 is 0. The Morgan fingerprint density at radius 3 is 2.14 bits per heavy atom. The molecule has 1 N–H and O–H groups in total. The number of rotatable bonds is 9. The Hall–Kier alpha value is -3.18. The van der Waals surface area contributed by atoms with E-state index in [2.05, 4.69) is 6.58 Å². The standard InChI is InChI=1S/C23H24O5/c1-4-5-17-6-8-18(9-7-17)22(25)19-10-12-21(13-11-19)27-14-20(24)15-28-23(26)16(2)3/h4-13,20,24H,2,14-15H2,1,3H3/b5-4+. The zero-order chi connectivity index (χ0) is 20.5. The average Bonchev–Trinajstić information content (AvgIpc) is 2.71. The lowest BCUT2D eigenvalue weighted by atomic mass is 10.0. The van der Waals surface area contributed by atoms with Gasteiger partial charge in [0.15, 0.2) is 5.78 Å². The van der Waals surface area contributed by atoms with Gasteiger partial charge in [0.2, 0.25) is 0 Å². The van der Waals surface area contributed by atoms with Crippen LogP contribution < -0.4 is 4.74 Å². The first kappa shape index (κ1) is 21.1. The first-order valence-corrected chi connectivity index (χ1v) is 8.91. The van der Waals surface area contributed by atoms with Gasteiger partial charge in [0.1, 0.15) is 25.1 Å². The van der Waals surface area contributed by atoms with Crippen LogP contribution in [0, 0.1) is 0 Å². The molecule has 0 heterocycles. The third kappa shape index (κ3) is 6.21. The third-order valence-corrected chi connectivity index (χ3v) is 3.85. The molecule has 1 unspecified atom stereocenters. The van der Waals surface area contributed by atoms with E-state index in [9.17, 15) is 14.7 Å². The average molecular weight is 380 g/mol. The number of aliphatic hydroxyl groups excluding tert-OH is 1. The summed E-state index contributed by atoms with van der Waals surface area (Å²) in [6.07, 6.45) is 2.95. The minimum atomic E-state index is -0.958. The lowest BCUT2D eigenvalue weighted by Crippen LogP contribution is -2.25. The van der Waals surface area contributed by atoms with Crippen LogP contribution in [-0.2, 0) is 9.53 Å². The summed E-state index contributed by atoms with van der Waals surface area (Å²) in [4.78, 5) is 23.8. The quantitative estimate of drug-likeness (QED) is 0.407. The molecule has 0 aromatic heterocycles. The number of hydrogen-bond acceptors (Lipinski definition) is 5. The zero-order valence-corrected chi connectivity index (χ0v) is 16.1. The fourth-order valence-corrected chi connectivity index (χ4v) is 2.34. The maximum Gasteiger partial charge on any atom is 0.333 e. The highest BCUT2D eigenvalue weighted by Gasteiger charge is 2.12. The number of esters is 1. The molecule has 1 atom stereocenters. The molecule has 0 saturated carbocycles. The second-order valence-corrected chi connectivity index (χ2v) is 6.32. The van der Waals surface area contributed by atoms with Gasteiger partial charge >= 0.3 is 5.97 Å². The number of aliphatic hydroxyl groups is 1. The van der Waals surface area contributed by atoms with Crippen molar-refractivity contribution in [3.8, 4) is 5.75 Å². The molecular weight excluding hydrogens is 356 g/mol. The fraction of sp³-hybridized carbons (Fsp3) is 0.217. The predicted octanol–water partition coefficient (Wildman–Crippen LogP) is 3.81. The van der Waals surface area contributed by atoms with Crippen molar-refractivity contribution in [3.05, 3.63) is 83.4 Å². The van der Waals surface area contributed by atoms with Crippen molar-refractivity contribution in [3.63, 3.8) is 0 Å². The Labute approximate surface area is 164 Å². The van der Waals surface area contributed by atoms with Gasteiger partial charge < -0.3 is 14.6 Å². The van der Waals surface area contributed by atoms with Gasteiger partial charge in [-0.3, -0.25) is 4.79 Å². The molecule has 5 heteroatoms. The van der Waals surface area contributed by atoms with Crippen LogP contribution in [0.15, 0.2) is 66.8 Å². The van der Waals surface area contributed by atoms with Crippen molar-refractivity contribution in [1.82, 2.24) is 0 Å². The van der Waals surface area contributed by atoms with Crippen LogP contribution in [0.5, 0.6) is 5.75 Å². The number of ether oxygens (including phenoxy) is 2. The summed E-state index contributed by atoms with van der Waals surface area (Å²) in [6, 6.07) is 14.0. The maximum absolute atomic E-state index is 12.5. The van der Waals surface area contributed by atoms with E-state index in [1.807, 2.05) is 31.2 Å². The van der Waals surface area contributed by atoms with E-state index < -0.39 is 12.1 Å². The van der Waals surface area contributed by atoms with Crippen LogP contribution in [0.1, 0.15) is 35.3 Å². The molecule has 0 radical (unpaired) electrons. The number of benzene rings is 2. The molecule has 2 aromatic rings. The van der Waals surface area contributed by atoms with Gasteiger partial charge in [-0.25, -0.2) is 4.79 Å². The van der Waals surface area contributed by atoms with E-state index >= 15 is 0 Å². The van der Waals surface area contributed by atoms with Gasteiger partial charge in [-0.1, -0.05) is 43.0 Å². The van der Waals surface area contributed by atoms with Crippen molar-refractivity contribution < 1.29 is 24.2 Å². The molecule has 0 amide bonds. The van der Waals surface area contributed by atoms with Crippen LogP contribution in [-0.4, -0.2) is 36.2 Å². The molecule has 28 heavy (non-hydrogen) atoms. The second kappa shape index (κ2) is 10.2. The van der Waals surface area contributed by atoms with Crippen LogP contribution in [0.2, 0.25) is 0 Å². The molecule has 0 spiro atoms. The monoisotopic (exact) mass is 380 g/mol. The number of ketones is 1. The van der Waals surface area contributed by atoms with E-state index in [0.717, 1.165) is 5.56 Å². The van der Waals surface area contributed by atoms with E-state index in [-0.39, 0.29) is 24.6 Å². The molecule has 5 nitrogen and oxygen atoms in total. The van der Waals surface area contributed by atoms with Crippen LogP contribution in [0.25, 0.3) is 6.08 Å². The highest BCUT2D eigenvalue weighted by molar-refractivity contribution is 6.09. The lowest BCUT2D eigenvalue weighted by molar-refractivity contribution is -0.142. The number of carbonyl (C=O) groups excluding carboxylic acids is 2. The number of carbonyl (C=O) groups is 2. The molecule has 2 aromatic carbocycles. The van der Waals surface area contributed by atoms with Gasteiger partial charge in [-0.2, -0.15) is 0 Å². The molecule has 0 aliphatic carbocycles. The summed E-state index contributed by atoms with van der Waals surface area (Å²) in [5.74, 6) is -0.128.